The van der Waals surface area contributed by atoms with Gasteiger partial charge in [0.15, 0.2) is 0 Å². The van der Waals surface area contributed by atoms with Gasteiger partial charge in [0.05, 0.1) is 17.4 Å². The van der Waals surface area contributed by atoms with E-state index in [1.165, 1.54) is 22.8 Å². The molecule has 1 aromatic heterocycles. The molecule has 1 heterocycles. The largest absolute Gasteiger partial charge is 0.310 e. The second-order valence-electron chi connectivity index (χ2n) is 4.23. The van der Waals surface area contributed by atoms with Gasteiger partial charge in [-0.1, -0.05) is 6.92 Å². The minimum absolute atomic E-state index is 0.215. The number of fused-ring (bicyclic) bond motifs is 1. The number of rotatable bonds is 4. The number of nitrogens with one attached hydrogen (secondary N) is 1. The minimum Gasteiger partial charge on any atom is -0.310 e. The Hall–Kier alpha value is -1.75. The molecule has 0 amide bonds. The average molecular weight is 249 g/mol. The zero-order valence-corrected chi connectivity index (χ0v) is 10.5. The first-order chi connectivity index (χ1) is 8.63. The quantitative estimate of drug-likeness (QED) is 0.837. The molecular formula is C13H16FN3O. The van der Waals surface area contributed by atoms with Crippen molar-refractivity contribution in [2.24, 2.45) is 7.05 Å². The van der Waals surface area contributed by atoms with Crippen molar-refractivity contribution in [1.29, 1.82) is 0 Å². The van der Waals surface area contributed by atoms with Gasteiger partial charge in [0.25, 0.3) is 5.56 Å². The zero-order chi connectivity index (χ0) is 13.1. The molecule has 0 aliphatic carbocycles. The van der Waals surface area contributed by atoms with Crippen LogP contribution < -0.4 is 10.9 Å². The van der Waals surface area contributed by atoms with Crippen LogP contribution in [-0.2, 0) is 13.6 Å². The third kappa shape index (κ3) is 2.41. The van der Waals surface area contributed by atoms with Crippen molar-refractivity contribution >= 4 is 10.9 Å². The molecule has 0 spiro atoms. The van der Waals surface area contributed by atoms with Crippen LogP contribution in [0.15, 0.2) is 23.0 Å². The Kier molecular flexibility index (Phi) is 3.72. The highest BCUT2D eigenvalue weighted by molar-refractivity contribution is 5.77. The number of nitrogens with zero attached hydrogens (tertiary/aromatic N) is 2. The van der Waals surface area contributed by atoms with E-state index in [0.29, 0.717) is 23.3 Å². The molecule has 0 saturated carbocycles. The molecule has 0 radical (unpaired) electrons. The fraction of sp³-hybridized carbons (Fsp3) is 0.385. The van der Waals surface area contributed by atoms with Crippen molar-refractivity contribution in [3.63, 3.8) is 0 Å². The van der Waals surface area contributed by atoms with Crippen molar-refractivity contribution in [1.82, 2.24) is 14.9 Å². The van der Waals surface area contributed by atoms with Gasteiger partial charge < -0.3 is 5.32 Å². The summed E-state index contributed by atoms with van der Waals surface area (Å²) in [5.41, 5.74) is 0.320. The summed E-state index contributed by atoms with van der Waals surface area (Å²) in [5.74, 6) is 0.241. The van der Waals surface area contributed by atoms with Gasteiger partial charge in [-0.3, -0.25) is 9.36 Å². The van der Waals surface area contributed by atoms with Crippen LogP contribution in [0, 0.1) is 5.82 Å². The average Bonchev–Trinajstić information content (AvgIpc) is 2.36. The van der Waals surface area contributed by atoms with Crippen LogP contribution in [0.1, 0.15) is 19.2 Å². The topological polar surface area (TPSA) is 46.9 Å². The number of benzene rings is 1. The monoisotopic (exact) mass is 249 g/mol. The molecule has 18 heavy (non-hydrogen) atoms. The molecule has 0 bridgehead atoms. The van der Waals surface area contributed by atoms with Gasteiger partial charge in [-0.25, -0.2) is 9.37 Å². The van der Waals surface area contributed by atoms with E-state index in [0.717, 1.165) is 13.0 Å². The van der Waals surface area contributed by atoms with Crippen molar-refractivity contribution in [3.05, 3.63) is 40.2 Å². The molecule has 5 heteroatoms. The van der Waals surface area contributed by atoms with Gasteiger partial charge in [0.2, 0.25) is 0 Å². The maximum absolute atomic E-state index is 13.1. The first-order valence-electron chi connectivity index (χ1n) is 5.99. The molecular weight excluding hydrogens is 233 g/mol. The Morgan fingerprint density at radius 2 is 2.22 bits per heavy atom. The van der Waals surface area contributed by atoms with Crippen LogP contribution in [0.2, 0.25) is 0 Å². The summed E-state index contributed by atoms with van der Waals surface area (Å²) in [6.45, 7) is 3.48. The molecule has 0 atom stereocenters. The van der Waals surface area contributed by atoms with Gasteiger partial charge in [-0.15, -0.1) is 0 Å². The van der Waals surface area contributed by atoms with Crippen LogP contribution in [-0.4, -0.2) is 16.1 Å². The second kappa shape index (κ2) is 5.27. The van der Waals surface area contributed by atoms with Crippen LogP contribution in [0.4, 0.5) is 4.39 Å². The molecule has 0 unspecified atom stereocenters. The van der Waals surface area contributed by atoms with E-state index >= 15 is 0 Å². The molecule has 0 saturated heterocycles. The summed E-state index contributed by atoms with van der Waals surface area (Å²) < 4.78 is 14.6. The second-order valence-corrected chi connectivity index (χ2v) is 4.23. The lowest BCUT2D eigenvalue weighted by molar-refractivity contribution is 0.614. The Bertz CT molecular complexity index is 621. The van der Waals surface area contributed by atoms with Crippen molar-refractivity contribution in [2.75, 3.05) is 6.54 Å². The molecule has 1 N–H and O–H groups in total. The summed E-state index contributed by atoms with van der Waals surface area (Å²) in [6.07, 6.45) is 1.02. The fourth-order valence-corrected chi connectivity index (χ4v) is 1.82. The highest BCUT2D eigenvalue weighted by atomic mass is 19.1. The molecule has 0 aliphatic rings. The standard InChI is InChI=1S/C13H16FN3O/c1-3-6-15-8-12-16-11-5-4-9(14)7-10(11)13(18)17(12)2/h4-5,7,15H,3,6,8H2,1-2H3. The summed E-state index contributed by atoms with van der Waals surface area (Å²) >= 11 is 0. The molecule has 0 aliphatic heterocycles. The molecule has 96 valence electrons. The molecule has 1 aromatic carbocycles. The van der Waals surface area contributed by atoms with E-state index < -0.39 is 5.82 Å². The Morgan fingerprint density at radius 3 is 2.94 bits per heavy atom. The van der Waals surface area contributed by atoms with E-state index in [-0.39, 0.29) is 5.56 Å². The molecule has 4 nitrogen and oxygen atoms in total. The maximum atomic E-state index is 13.1. The van der Waals surface area contributed by atoms with Gasteiger partial charge in [0, 0.05) is 7.05 Å². The van der Waals surface area contributed by atoms with E-state index in [1.54, 1.807) is 7.05 Å². The van der Waals surface area contributed by atoms with E-state index in [1.807, 2.05) is 0 Å². The van der Waals surface area contributed by atoms with E-state index in [9.17, 15) is 9.18 Å². The Balaban J connectivity index is 2.47. The lowest BCUT2D eigenvalue weighted by atomic mass is 10.2. The van der Waals surface area contributed by atoms with Crippen LogP contribution in [0.5, 0.6) is 0 Å². The first kappa shape index (κ1) is 12.7. The maximum Gasteiger partial charge on any atom is 0.261 e. The third-order valence-electron chi connectivity index (χ3n) is 2.84. The summed E-state index contributed by atoms with van der Waals surface area (Å²) in [6, 6.07) is 4.08. The predicted octanol–water partition coefficient (Wildman–Crippen LogP) is 1.57. The van der Waals surface area contributed by atoms with E-state index in [2.05, 4.69) is 17.2 Å². The van der Waals surface area contributed by atoms with Gasteiger partial charge in [-0.2, -0.15) is 0 Å². The van der Waals surface area contributed by atoms with Crippen molar-refractivity contribution < 1.29 is 4.39 Å². The highest BCUT2D eigenvalue weighted by Crippen LogP contribution is 2.10. The minimum atomic E-state index is -0.418. The summed E-state index contributed by atoms with van der Waals surface area (Å²) in [7, 11) is 1.66. The van der Waals surface area contributed by atoms with Crippen LogP contribution in [0.25, 0.3) is 10.9 Å². The number of aromatic nitrogens is 2. The third-order valence-corrected chi connectivity index (χ3v) is 2.84. The summed E-state index contributed by atoms with van der Waals surface area (Å²) in [4.78, 5) is 16.4. The van der Waals surface area contributed by atoms with Gasteiger partial charge in [-0.05, 0) is 31.2 Å². The van der Waals surface area contributed by atoms with Crippen LogP contribution in [0.3, 0.4) is 0 Å². The smallest absolute Gasteiger partial charge is 0.261 e. The predicted molar refractivity (Wildman–Crippen MR) is 68.9 cm³/mol. The molecule has 0 fully saturated rings. The highest BCUT2D eigenvalue weighted by Gasteiger charge is 2.08. The Morgan fingerprint density at radius 1 is 1.44 bits per heavy atom. The summed E-state index contributed by atoms with van der Waals surface area (Å²) in [5, 5.41) is 3.52. The van der Waals surface area contributed by atoms with Gasteiger partial charge >= 0.3 is 0 Å². The van der Waals surface area contributed by atoms with Crippen LogP contribution >= 0.6 is 0 Å². The number of hydrogen-bond acceptors (Lipinski definition) is 3. The number of halogens is 1. The van der Waals surface area contributed by atoms with Gasteiger partial charge in [0.1, 0.15) is 11.6 Å². The lowest BCUT2D eigenvalue weighted by Gasteiger charge is -2.09. The molecule has 2 rings (SSSR count). The Labute approximate surface area is 104 Å². The first-order valence-corrected chi connectivity index (χ1v) is 5.99. The molecule has 2 aromatic rings. The fourth-order valence-electron chi connectivity index (χ4n) is 1.82. The number of hydrogen-bond donors (Lipinski definition) is 1. The lowest BCUT2D eigenvalue weighted by Crippen LogP contribution is -2.26. The van der Waals surface area contributed by atoms with Crippen molar-refractivity contribution in [2.45, 2.75) is 19.9 Å². The zero-order valence-electron chi connectivity index (χ0n) is 10.5. The van der Waals surface area contributed by atoms with E-state index in [4.69, 9.17) is 0 Å². The van der Waals surface area contributed by atoms with Crippen molar-refractivity contribution in [3.8, 4) is 0 Å². The SMILES string of the molecule is CCCNCc1nc2ccc(F)cc2c(=O)n1C. The normalized spacial score (nSPS) is 11.1.